The van der Waals surface area contributed by atoms with Gasteiger partial charge in [0.25, 0.3) is 0 Å². The van der Waals surface area contributed by atoms with E-state index >= 15 is 0 Å². The zero-order valence-corrected chi connectivity index (χ0v) is 17.5. The summed E-state index contributed by atoms with van der Waals surface area (Å²) >= 11 is 0. The third kappa shape index (κ3) is 2.77. The quantitative estimate of drug-likeness (QED) is 0.537. The second-order valence-corrected chi connectivity index (χ2v) is 10.8. The van der Waals surface area contributed by atoms with Crippen LogP contribution >= 0.6 is 0 Å². The van der Waals surface area contributed by atoms with Crippen LogP contribution in [-0.4, -0.2) is 13.6 Å². The van der Waals surface area contributed by atoms with Crippen molar-refractivity contribution in [3.8, 4) is 0 Å². The topological polar surface area (TPSA) is 0 Å². The zero-order chi connectivity index (χ0) is 18.3. The van der Waals surface area contributed by atoms with Crippen LogP contribution < -0.4 is 0 Å². The Morgan fingerprint density at radius 2 is 1.54 bits per heavy atom. The van der Waals surface area contributed by atoms with Crippen molar-refractivity contribution in [1.82, 2.24) is 0 Å². The van der Waals surface area contributed by atoms with E-state index in [0.29, 0.717) is 17.8 Å². The lowest BCUT2D eigenvalue weighted by molar-refractivity contribution is 0.550. The van der Waals surface area contributed by atoms with Crippen molar-refractivity contribution in [3.05, 3.63) is 76.9 Å². The van der Waals surface area contributed by atoms with Crippen LogP contribution in [0.4, 0.5) is 0 Å². The van der Waals surface area contributed by atoms with Gasteiger partial charge in [-0.05, 0) is 46.6 Å². The van der Waals surface area contributed by atoms with Crippen molar-refractivity contribution >= 4 is 19.2 Å². The summed E-state index contributed by atoms with van der Waals surface area (Å²) in [5.41, 5.74) is 7.82. The van der Waals surface area contributed by atoms with Crippen molar-refractivity contribution < 1.29 is 0 Å². The van der Waals surface area contributed by atoms with Crippen LogP contribution in [0.5, 0.6) is 0 Å². The molecule has 3 unspecified atom stereocenters. The van der Waals surface area contributed by atoms with Crippen molar-refractivity contribution in [2.75, 3.05) is 0 Å². The molecule has 0 fully saturated rings. The van der Waals surface area contributed by atoms with Crippen molar-refractivity contribution in [1.29, 1.82) is 0 Å². The molecule has 3 atom stereocenters. The number of unbranched alkanes of at least 4 members (excludes halogenated alkanes) is 1. The summed E-state index contributed by atoms with van der Waals surface area (Å²) in [5.74, 6) is 1.78. The average molecular weight is 359 g/mol. The number of hydrogen-bond acceptors (Lipinski definition) is 0. The van der Waals surface area contributed by atoms with Crippen LogP contribution in [0.25, 0.3) is 5.57 Å². The van der Waals surface area contributed by atoms with E-state index in [9.17, 15) is 0 Å². The lowest BCUT2D eigenvalue weighted by Gasteiger charge is -2.25. The Morgan fingerprint density at radius 1 is 0.885 bits per heavy atom. The smallest absolute Gasteiger partial charge is 0.0105 e. The standard InChI is InChI=1S/C25H30Si/c1-5-6-11-18-16-23(20-13-8-7-12-19(18)20)24-17(2)25(26(3)4)22-15-10-9-14-21(22)24/h7-10,12-17,23-24H,5-6,11H2,1-4H3. The maximum Gasteiger partial charge on any atom is 0.0105 e. The molecule has 2 aliphatic carbocycles. The highest BCUT2D eigenvalue weighted by molar-refractivity contribution is 6.72. The Hall–Kier alpha value is -1.73. The van der Waals surface area contributed by atoms with Crippen LogP contribution in [-0.2, 0) is 0 Å². The van der Waals surface area contributed by atoms with Crippen LogP contribution in [0.3, 0.4) is 0 Å². The molecule has 0 aliphatic heterocycles. The third-order valence-corrected chi connectivity index (χ3v) is 8.18. The Bertz CT molecular complexity index is 883. The molecular formula is C25H30Si. The van der Waals surface area contributed by atoms with Gasteiger partial charge in [0.2, 0.25) is 0 Å². The molecule has 2 aromatic rings. The van der Waals surface area contributed by atoms with E-state index in [1.54, 1.807) is 27.4 Å². The van der Waals surface area contributed by atoms with Crippen molar-refractivity contribution in [2.24, 2.45) is 5.92 Å². The minimum absolute atomic E-state index is 0.442. The predicted octanol–water partition coefficient (Wildman–Crippen LogP) is 6.65. The molecule has 134 valence electrons. The summed E-state index contributed by atoms with van der Waals surface area (Å²) in [4.78, 5) is 0. The summed E-state index contributed by atoms with van der Waals surface area (Å²) in [5, 5.41) is 1.75. The first-order chi connectivity index (χ1) is 12.6. The van der Waals surface area contributed by atoms with Gasteiger partial charge in [0.1, 0.15) is 0 Å². The molecule has 2 aromatic carbocycles. The lowest BCUT2D eigenvalue weighted by atomic mass is 9.79. The summed E-state index contributed by atoms with van der Waals surface area (Å²) in [6.07, 6.45) is 6.40. The van der Waals surface area contributed by atoms with Gasteiger partial charge in [-0.3, -0.25) is 0 Å². The largest absolute Gasteiger partial charge is 0.0725 e. The fourth-order valence-electron chi connectivity index (χ4n) is 5.32. The fraction of sp³-hybridized carbons (Fsp3) is 0.400. The monoisotopic (exact) mass is 358 g/mol. The third-order valence-electron chi connectivity index (χ3n) is 6.38. The van der Waals surface area contributed by atoms with E-state index in [-0.39, 0.29) is 0 Å². The Balaban J connectivity index is 1.83. The molecule has 0 heterocycles. The number of benzene rings is 2. The van der Waals surface area contributed by atoms with Crippen LogP contribution in [0.2, 0.25) is 13.1 Å². The molecule has 0 saturated carbocycles. The minimum atomic E-state index is -0.442. The summed E-state index contributed by atoms with van der Waals surface area (Å²) < 4.78 is 0. The second-order valence-electron chi connectivity index (χ2n) is 8.22. The molecule has 0 spiro atoms. The molecule has 0 nitrogen and oxygen atoms in total. The van der Waals surface area contributed by atoms with Gasteiger partial charge in [-0.15, -0.1) is 0 Å². The number of rotatable bonds is 4. The number of allylic oxidation sites excluding steroid dienone is 2. The highest BCUT2D eigenvalue weighted by Gasteiger charge is 2.40. The molecule has 0 bridgehead atoms. The van der Waals surface area contributed by atoms with Gasteiger partial charge in [-0.1, -0.05) is 93.1 Å². The Labute approximate surface area is 160 Å². The first-order valence-electron chi connectivity index (χ1n) is 10.2. The van der Waals surface area contributed by atoms with E-state index in [1.165, 1.54) is 24.8 Å². The van der Waals surface area contributed by atoms with Crippen LogP contribution in [0, 0.1) is 5.92 Å². The number of fused-ring (bicyclic) bond motifs is 2. The lowest BCUT2D eigenvalue weighted by Crippen LogP contribution is -2.20. The van der Waals surface area contributed by atoms with Crippen molar-refractivity contribution in [2.45, 2.75) is 58.0 Å². The van der Waals surface area contributed by atoms with E-state index < -0.39 is 8.41 Å². The van der Waals surface area contributed by atoms with Crippen LogP contribution in [0.15, 0.2) is 54.6 Å². The molecular weight excluding hydrogens is 328 g/mol. The minimum Gasteiger partial charge on any atom is -0.0725 e. The van der Waals surface area contributed by atoms with Gasteiger partial charge in [0.15, 0.2) is 0 Å². The zero-order valence-electron chi connectivity index (χ0n) is 16.5. The van der Waals surface area contributed by atoms with Gasteiger partial charge in [0, 0.05) is 20.2 Å². The highest BCUT2D eigenvalue weighted by atomic mass is 28.2. The molecule has 0 saturated heterocycles. The summed E-state index contributed by atoms with van der Waals surface area (Å²) in [7, 11) is -0.442. The summed E-state index contributed by atoms with van der Waals surface area (Å²) in [6, 6.07) is 18.4. The number of hydrogen-bond donors (Lipinski definition) is 0. The van der Waals surface area contributed by atoms with Gasteiger partial charge in [-0.2, -0.15) is 0 Å². The molecule has 2 aliphatic rings. The molecule has 26 heavy (non-hydrogen) atoms. The fourth-order valence-corrected chi connectivity index (χ4v) is 7.17. The second kappa shape index (κ2) is 7.11. The molecule has 0 N–H and O–H groups in total. The molecule has 0 radical (unpaired) electrons. The maximum absolute atomic E-state index is 2.62. The van der Waals surface area contributed by atoms with Gasteiger partial charge < -0.3 is 0 Å². The van der Waals surface area contributed by atoms with E-state index in [1.807, 2.05) is 0 Å². The first-order valence-corrected chi connectivity index (χ1v) is 12.7. The molecule has 1 heteroatoms. The Morgan fingerprint density at radius 3 is 2.23 bits per heavy atom. The van der Waals surface area contributed by atoms with Gasteiger partial charge in [-0.25, -0.2) is 0 Å². The predicted molar refractivity (Wildman–Crippen MR) is 117 cm³/mol. The maximum atomic E-state index is 2.62. The first kappa shape index (κ1) is 17.7. The van der Waals surface area contributed by atoms with E-state index in [2.05, 4.69) is 81.5 Å². The van der Waals surface area contributed by atoms with Gasteiger partial charge >= 0.3 is 0 Å². The molecule has 0 aromatic heterocycles. The molecule has 4 rings (SSSR count). The van der Waals surface area contributed by atoms with E-state index in [4.69, 9.17) is 0 Å². The Kier molecular flexibility index (Phi) is 4.84. The average Bonchev–Trinajstić information content (AvgIpc) is 3.14. The SMILES string of the molecule is CCCCC1=CC(C2c3ccccc3C(=[Si](C)C)C2C)c2ccccc21. The van der Waals surface area contributed by atoms with Crippen LogP contribution in [0.1, 0.15) is 67.2 Å². The van der Waals surface area contributed by atoms with E-state index in [0.717, 1.165) is 0 Å². The summed E-state index contributed by atoms with van der Waals surface area (Å²) in [6.45, 7) is 9.70. The van der Waals surface area contributed by atoms with Gasteiger partial charge in [0.05, 0.1) is 0 Å². The normalized spacial score (nSPS) is 23.6. The molecule has 0 amide bonds. The van der Waals surface area contributed by atoms with Crippen molar-refractivity contribution in [3.63, 3.8) is 0 Å². The highest BCUT2D eigenvalue weighted by Crippen LogP contribution is 2.52.